The number of carboxylic acid groups (broad SMARTS) is 1. The molecule has 1 aromatic carbocycles. The van der Waals surface area contributed by atoms with Gasteiger partial charge in [-0.2, -0.15) is 0 Å². The predicted octanol–water partition coefficient (Wildman–Crippen LogP) is 2.84. The number of benzene rings is 1. The molecule has 1 aliphatic heterocycles. The molecule has 1 aliphatic rings. The topological polar surface area (TPSA) is 86.7 Å². The zero-order valence-electron chi connectivity index (χ0n) is 14.3. The lowest BCUT2D eigenvalue weighted by Crippen LogP contribution is -2.33. The molecular weight excluding hydrogens is 328 g/mol. The lowest BCUT2D eigenvalue weighted by atomic mass is 10.1. The Bertz CT molecular complexity index is 682. The van der Waals surface area contributed by atoms with Crippen molar-refractivity contribution in [2.75, 3.05) is 18.0 Å². The molecule has 0 bridgehead atoms. The molecule has 0 amide bonds. The summed E-state index contributed by atoms with van der Waals surface area (Å²) in [4.78, 5) is 13.7. The van der Waals surface area contributed by atoms with E-state index in [1.54, 1.807) is 13.0 Å². The number of aromatic carboxylic acids is 1. The Morgan fingerprint density at radius 2 is 1.96 bits per heavy atom. The average molecular weight is 354 g/mol. The van der Waals surface area contributed by atoms with Crippen molar-refractivity contribution in [2.24, 2.45) is 0 Å². The zero-order chi connectivity index (χ0) is 17.7. The normalized spacial score (nSPS) is 16.8. The van der Waals surface area contributed by atoms with Crippen molar-refractivity contribution in [1.82, 2.24) is 4.72 Å². The number of sulfonamides is 1. The fourth-order valence-corrected chi connectivity index (χ4v) is 4.39. The second-order valence-electron chi connectivity index (χ2n) is 6.34. The smallest absolute Gasteiger partial charge is 0.337 e. The van der Waals surface area contributed by atoms with Crippen LogP contribution < -0.4 is 9.62 Å². The van der Waals surface area contributed by atoms with Crippen LogP contribution in [-0.2, 0) is 10.0 Å². The molecule has 7 heteroatoms. The van der Waals surface area contributed by atoms with Crippen LogP contribution in [-0.4, -0.2) is 38.6 Å². The molecule has 0 aromatic heterocycles. The molecule has 6 nitrogen and oxygen atoms in total. The van der Waals surface area contributed by atoms with Gasteiger partial charge in [0.05, 0.1) is 16.1 Å². The third-order valence-electron chi connectivity index (χ3n) is 4.28. The minimum absolute atomic E-state index is 0.00334. The summed E-state index contributed by atoms with van der Waals surface area (Å²) in [5.74, 6) is -1.10. The summed E-state index contributed by atoms with van der Waals surface area (Å²) in [7, 11) is -3.72. The Kier molecular flexibility index (Phi) is 6.23. The van der Waals surface area contributed by atoms with Gasteiger partial charge in [-0.25, -0.2) is 17.9 Å². The maximum absolute atomic E-state index is 12.5. The molecule has 134 valence electrons. The van der Waals surface area contributed by atoms with E-state index in [0.717, 1.165) is 45.2 Å². The highest BCUT2D eigenvalue weighted by molar-refractivity contribution is 7.89. The molecule has 1 unspecified atom stereocenters. The number of hydrogen-bond donors (Lipinski definition) is 2. The first-order valence-corrected chi connectivity index (χ1v) is 9.98. The van der Waals surface area contributed by atoms with Gasteiger partial charge in [-0.15, -0.1) is 0 Å². The fraction of sp³-hybridized carbons (Fsp3) is 0.588. The fourth-order valence-electron chi connectivity index (χ4n) is 3.09. The van der Waals surface area contributed by atoms with Crippen LogP contribution in [0, 0.1) is 0 Å². The van der Waals surface area contributed by atoms with Crippen molar-refractivity contribution in [2.45, 2.75) is 56.9 Å². The lowest BCUT2D eigenvalue weighted by Gasteiger charge is -2.30. The number of anilines is 1. The van der Waals surface area contributed by atoms with E-state index in [-0.39, 0.29) is 16.5 Å². The molecule has 1 aromatic rings. The first-order valence-electron chi connectivity index (χ1n) is 8.49. The third-order valence-corrected chi connectivity index (χ3v) is 5.87. The van der Waals surface area contributed by atoms with E-state index in [4.69, 9.17) is 0 Å². The number of carboxylic acids is 1. The first-order chi connectivity index (χ1) is 11.3. The van der Waals surface area contributed by atoms with Crippen LogP contribution in [0.1, 0.15) is 56.3 Å². The Morgan fingerprint density at radius 3 is 2.54 bits per heavy atom. The molecule has 1 heterocycles. The standard InChI is InChI=1S/C17H26N2O4S/c1-3-7-13(2)18-24(22,23)14-8-9-16(15(12-14)17(20)21)19-10-5-4-6-11-19/h8-9,12-13,18H,3-7,10-11H2,1-2H3,(H,20,21). The number of hydrogen-bond acceptors (Lipinski definition) is 4. The van der Waals surface area contributed by atoms with Gasteiger partial charge in [-0.1, -0.05) is 13.3 Å². The third kappa shape index (κ3) is 4.48. The average Bonchev–Trinajstić information content (AvgIpc) is 2.54. The minimum Gasteiger partial charge on any atom is -0.478 e. The molecule has 0 aliphatic carbocycles. The van der Waals surface area contributed by atoms with E-state index in [0.29, 0.717) is 5.69 Å². The van der Waals surface area contributed by atoms with Gasteiger partial charge in [-0.05, 0) is 50.8 Å². The van der Waals surface area contributed by atoms with Crippen LogP contribution >= 0.6 is 0 Å². The van der Waals surface area contributed by atoms with E-state index < -0.39 is 16.0 Å². The minimum atomic E-state index is -3.72. The quantitative estimate of drug-likeness (QED) is 0.786. The van der Waals surface area contributed by atoms with E-state index >= 15 is 0 Å². The van der Waals surface area contributed by atoms with Gasteiger partial charge >= 0.3 is 5.97 Å². The van der Waals surface area contributed by atoms with Crippen LogP contribution in [0.3, 0.4) is 0 Å². The summed E-state index contributed by atoms with van der Waals surface area (Å²) in [6.45, 7) is 5.40. The van der Waals surface area contributed by atoms with Gasteiger partial charge in [0.1, 0.15) is 0 Å². The van der Waals surface area contributed by atoms with Crippen LogP contribution in [0.2, 0.25) is 0 Å². The number of carbonyl (C=O) groups is 1. The molecule has 2 rings (SSSR count). The predicted molar refractivity (Wildman–Crippen MR) is 94.2 cm³/mol. The first kappa shape index (κ1) is 18.7. The summed E-state index contributed by atoms with van der Waals surface area (Å²) in [6, 6.07) is 4.20. The summed E-state index contributed by atoms with van der Waals surface area (Å²) in [5.41, 5.74) is 0.644. The van der Waals surface area contributed by atoms with Gasteiger partial charge in [-0.3, -0.25) is 0 Å². The molecule has 0 spiro atoms. The van der Waals surface area contributed by atoms with Crippen LogP contribution in [0.4, 0.5) is 5.69 Å². The number of piperidine rings is 1. The largest absolute Gasteiger partial charge is 0.478 e. The Balaban J connectivity index is 2.32. The maximum Gasteiger partial charge on any atom is 0.337 e. The van der Waals surface area contributed by atoms with Crippen LogP contribution in [0.5, 0.6) is 0 Å². The van der Waals surface area contributed by atoms with Gasteiger partial charge < -0.3 is 10.0 Å². The zero-order valence-corrected chi connectivity index (χ0v) is 15.1. The highest BCUT2D eigenvalue weighted by Gasteiger charge is 2.23. The molecule has 1 fully saturated rings. The van der Waals surface area contributed by atoms with Gasteiger partial charge in [0, 0.05) is 19.1 Å². The summed E-state index contributed by atoms with van der Waals surface area (Å²) in [5, 5.41) is 9.51. The van der Waals surface area contributed by atoms with Crippen molar-refractivity contribution < 1.29 is 18.3 Å². The van der Waals surface area contributed by atoms with Crippen molar-refractivity contribution in [3.8, 4) is 0 Å². The van der Waals surface area contributed by atoms with Gasteiger partial charge in [0.15, 0.2) is 0 Å². The second kappa shape index (κ2) is 7.98. The molecule has 0 radical (unpaired) electrons. The van der Waals surface area contributed by atoms with E-state index in [9.17, 15) is 18.3 Å². The Morgan fingerprint density at radius 1 is 1.29 bits per heavy atom. The molecule has 2 N–H and O–H groups in total. The summed E-state index contributed by atoms with van der Waals surface area (Å²) < 4.78 is 27.5. The summed E-state index contributed by atoms with van der Waals surface area (Å²) >= 11 is 0. The molecule has 0 saturated carbocycles. The Labute approximate surface area is 143 Å². The van der Waals surface area contributed by atoms with Crippen molar-refractivity contribution in [3.05, 3.63) is 23.8 Å². The lowest BCUT2D eigenvalue weighted by molar-refractivity contribution is 0.0697. The van der Waals surface area contributed by atoms with Crippen LogP contribution in [0.15, 0.2) is 23.1 Å². The van der Waals surface area contributed by atoms with Crippen molar-refractivity contribution in [1.29, 1.82) is 0 Å². The molecule has 1 saturated heterocycles. The Hall–Kier alpha value is -1.60. The van der Waals surface area contributed by atoms with Crippen LogP contribution in [0.25, 0.3) is 0 Å². The van der Waals surface area contributed by atoms with Crippen molar-refractivity contribution >= 4 is 21.7 Å². The SMILES string of the molecule is CCCC(C)NS(=O)(=O)c1ccc(N2CCCCC2)c(C(=O)O)c1. The highest BCUT2D eigenvalue weighted by Crippen LogP contribution is 2.27. The summed E-state index contributed by atoms with van der Waals surface area (Å²) in [6.07, 6.45) is 4.80. The van der Waals surface area contributed by atoms with Crippen molar-refractivity contribution in [3.63, 3.8) is 0 Å². The molecule has 1 atom stereocenters. The number of rotatable bonds is 7. The highest BCUT2D eigenvalue weighted by atomic mass is 32.2. The molecule has 24 heavy (non-hydrogen) atoms. The van der Waals surface area contributed by atoms with E-state index in [1.807, 2.05) is 11.8 Å². The monoisotopic (exact) mass is 354 g/mol. The van der Waals surface area contributed by atoms with Gasteiger partial charge in [0.25, 0.3) is 0 Å². The van der Waals surface area contributed by atoms with Gasteiger partial charge in [0.2, 0.25) is 10.0 Å². The number of nitrogens with zero attached hydrogens (tertiary/aromatic N) is 1. The number of nitrogens with one attached hydrogen (secondary N) is 1. The van der Waals surface area contributed by atoms with E-state index in [1.165, 1.54) is 12.1 Å². The second-order valence-corrected chi connectivity index (χ2v) is 8.06. The molecular formula is C17H26N2O4S. The maximum atomic E-state index is 12.5. The van der Waals surface area contributed by atoms with E-state index in [2.05, 4.69) is 4.72 Å².